The number of rotatable bonds is 0. The van der Waals surface area contributed by atoms with Crippen LogP contribution in [0.1, 0.15) is 5.56 Å². The molecule has 0 fully saturated rings. The summed E-state index contributed by atoms with van der Waals surface area (Å²) in [6, 6.07) is 7.82. The molecule has 4 rings (SSSR count). The molecule has 0 saturated carbocycles. The van der Waals surface area contributed by atoms with Crippen molar-refractivity contribution in [2.24, 2.45) is 0 Å². The number of hydrogen-bond donors (Lipinski definition) is 1. The molecule has 0 atom stereocenters. The van der Waals surface area contributed by atoms with E-state index in [1.165, 1.54) is 5.56 Å². The van der Waals surface area contributed by atoms with E-state index >= 15 is 0 Å². The second kappa shape index (κ2) is 2.99. The number of pyridine rings is 1. The van der Waals surface area contributed by atoms with E-state index in [4.69, 9.17) is 0 Å². The van der Waals surface area contributed by atoms with Crippen molar-refractivity contribution in [1.82, 2.24) is 9.99 Å². The van der Waals surface area contributed by atoms with Crippen LogP contribution in [0.4, 0.5) is 5.82 Å². The average Bonchev–Trinajstić information content (AvgIpc) is 2.81. The lowest BCUT2D eigenvalue weighted by atomic mass is 10.1. The van der Waals surface area contributed by atoms with Crippen LogP contribution in [0.15, 0.2) is 35.1 Å². The summed E-state index contributed by atoms with van der Waals surface area (Å²) in [5.74, 6) is 0.996. The zero-order valence-corrected chi connectivity index (χ0v) is 9.18. The summed E-state index contributed by atoms with van der Waals surface area (Å²) in [6.07, 6.45) is 3.86. The lowest BCUT2D eigenvalue weighted by molar-refractivity contribution is 0.690. The first kappa shape index (κ1) is 9.01. The second-order valence-electron chi connectivity index (χ2n) is 4.35. The highest BCUT2D eigenvalue weighted by atomic mass is 16.1. The van der Waals surface area contributed by atoms with E-state index in [9.17, 15) is 4.79 Å². The largest absolute Gasteiger partial charge is 0.289 e. The Balaban J connectivity index is 2.27. The van der Waals surface area contributed by atoms with Crippen molar-refractivity contribution >= 4 is 22.8 Å². The highest BCUT2D eigenvalue weighted by Gasteiger charge is 2.26. The van der Waals surface area contributed by atoms with Gasteiger partial charge in [-0.05, 0) is 17.5 Å². The van der Waals surface area contributed by atoms with Crippen molar-refractivity contribution in [3.05, 3.63) is 46.3 Å². The fraction of sp³-hybridized carbons (Fsp3) is 0.154. The molecule has 0 unspecified atom stereocenters. The summed E-state index contributed by atoms with van der Waals surface area (Å²) < 4.78 is 1.74. The summed E-state index contributed by atoms with van der Waals surface area (Å²) in [5, 5.41) is 3.89. The predicted octanol–water partition coefficient (Wildman–Crippen LogP) is 1.31. The van der Waals surface area contributed by atoms with E-state index in [1.807, 2.05) is 41.6 Å². The molecule has 2 aliphatic rings. The third-order valence-corrected chi connectivity index (χ3v) is 3.44. The first-order valence-electron chi connectivity index (χ1n) is 5.70. The van der Waals surface area contributed by atoms with Crippen LogP contribution >= 0.6 is 0 Å². The van der Waals surface area contributed by atoms with Gasteiger partial charge in [0.1, 0.15) is 5.82 Å². The van der Waals surface area contributed by atoms with Crippen LogP contribution in [0.3, 0.4) is 0 Å². The molecule has 0 radical (unpaired) electrons. The summed E-state index contributed by atoms with van der Waals surface area (Å²) in [4.78, 5) is 12.4. The van der Waals surface area contributed by atoms with Gasteiger partial charge in [-0.2, -0.15) is 0 Å². The van der Waals surface area contributed by atoms with Crippen LogP contribution in [0, 0.1) is 0 Å². The lowest BCUT2D eigenvalue weighted by Gasteiger charge is -2.23. The number of hydrogen-bond acceptors (Lipinski definition) is 3. The molecule has 17 heavy (non-hydrogen) atoms. The molecule has 0 bridgehead atoms. The zero-order valence-electron chi connectivity index (χ0n) is 9.18. The van der Waals surface area contributed by atoms with Gasteiger partial charge in [-0.25, -0.2) is 5.43 Å². The van der Waals surface area contributed by atoms with Gasteiger partial charge in [0.25, 0.3) is 5.56 Å². The summed E-state index contributed by atoms with van der Waals surface area (Å²) in [6.45, 7) is 1.60. The molecule has 0 amide bonds. The molecule has 2 aromatic rings. The van der Waals surface area contributed by atoms with Crippen molar-refractivity contribution in [2.75, 3.05) is 11.6 Å². The Morgan fingerprint density at radius 3 is 2.88 bits per heavy atom. The number of fused-ring (bicyclic) bond motifs is 2. The number of hydrazine groups is 1. The molecule has 3 heterocycles. The zero-order chi connectivity index (χ0) is 11.4. The van der Waals surface area contributed by atoms with Crippen LogP contribution in [0.5, 0.6) is 0 Å². The van der Waals surface area contributed by atoms with Gasteiger partial charge in [0.15, 0.2) is 0 Å². The topological polar surface area (TPSA) is 37.3 Å². The van der Waals surface area contributed by atoms with Crippen LogP contribution in [-0.2, 0) is 6.54 Å². The Bertz CT molecular complexity index is 714. The molecule has 2 aliphatic heterocycles. The Morgan fingerprint density at radius 1 is 1.18 bits per heavy atom. The highest BCUT2D eigenvalue weighted by molar-refractivity contribution is 5.90. The normalized spacial score (nSPS) is 16.6. The maximum Gasteiger partial charge on any atom is 0.264 e. The van der Waals surface area contributed by atoms with Crippen molar-refractivity contribution in [1.29, 1.82) is 0 Å². The van der Waals surface area contributed by atoms with Crippen LogP contribution < -0.4 is 16.0 Å². The molecule has 0 saturated heterocycles. The van der Waals surface area contributed by atoms with Gasteiger partial charge in [-0.3, -0.25) is 14.4 Å². The summed E-state index contributed by atoms with van der Waals surface area (Å²) in [5.41, 5.74) is 4.58. The first-order valence-corrected chi connectivity index (χ1v) is 5.70. The SMILES string of the molecule is O=c1c2ccccc2c2c3n1C=CCN3NC2. The third kappa shape index (κ3) is 1.03. The van der Waals surface area contributed by atoms with E-state index in [0.29, 0.717) is 0 Å². The minimum absolute atomic E-state index is 0.0593. The molecule has 84 valence electrons. The van der Waals surface area contributed by atoms with Gasteiger partial charge in [0.2, 0.25) is 0 Å². The number of anilines is 1. The Hall–Kier alpha value is -2.07. The Kier molecular flexibility index (Phi) is 1.58. The molecular formula is C13H11N3O. The molecule has 4 heteroatoms. The maximum absolute atomic E-state index is 12.4. The molecule has 0 spiro atoms. The van der Waals surface area contributed by atoms with Crippen LogP contribution in [0.25, 0.3) is 17.0 Å². The van der Waals surface area contributed by atoms with Crippen molar-refractivity contribution in [3.8, 4) is 0 Å². The minimum Gasteiger partial charge on any atom is -0.289 e. The highest BCUT2D eigenvalue weighted by Crippen LogP contribution is 2.31. The van der Waals surface area contributed by atoms with Crippen molar-refractivity contribution in [3.63, 3.8) is 0 Å². The summed E-state index contributed by atoms with van der Waals surface area (Å²) in [7, 11) is 0. The molecular weight excluding hydrogens is 214 g/mol. The second-order valence-corrected chi connectivity index (χ2v) is 4.35. The maximum atomic E-state index is 12.4. The molecule has 1 aromatic heterocycles. The van der Waals surface area contributed by atoms with Gasteiger partial charge >= 0.3 is 0 Å². The average molecular weight is 225 g/mol. The third-order valence-electron chi connectivity index (χ3n) is 3.44. The van der Waals surface area contributed by atoms with Crippen LogP contribution in [-0.4, -0.2) is 11.1 Å². The van der Waals surface area contributed by atoms with E-state index < -0.39 is 0 Å². The first-order chi connectivity index (χ1) is 8.36. The summed E-state index contributed by atoms with van der Waals surface area (Å²) >= 11 is 0. The van der Waals surface area contributed by atoms with E-state index in [2.05, 4.69) is 5.43 Å². The standard InChI is InChI=1S/C13H11N3O/c17-13-10-5-2-1-4-9(10)11-8-14-16-7-3-6-15(13)12(11)16/h1-6,14H,7-8H2. The molecule has 0 aliphatic carbocycles. The predicted molar refractivity (Wildman–Crippen MR) is 67.7 cm³/mol. The lowest BCUT2D eigenvalue weighted by Crippen LogP contribution is -2.37. The minimum atomic E-state index is 0.0593. The van der Waals surface area contributed by atoms with Gasteiger partial charge in [-0.1, -0.05) is 18.2 Å². The Morgan fingerprint density at radius 2 is 2.00 bits per heavy atom. The molecule has 1 N–H and O–H groups in total. The monoisotopic (exact) mass is 225 g/mol. The number of benzene rings is 1. The molecule has 1 aromatic carbocycles. The van der Waals surface area contributed by atoms with Crippen molar-refractivity contribution < 1.29 is 0 Å². The fourth-order valence-electron chi connectivity index (χ4n) is 2.69. The van der Waals surface area contributed by atoms with E-state index in [1.54, 1.807) is 4.57 Å². The number of nitrogens with one attached hydrogen (secondary N) is 1. The smallest absolute Gasteiger partial charge is 0.264 e. The van der Waals surface area contributed by atoms with Gasteiger partial charge in [0.05, 0.1) is 6.54 Å². The van der Waals surface area contributed by atoms with Gasteiger partial charge in [0, 0.05) is 23.7 Å². The van der Waals surface area contributed by atoms with Crippen molar-refractivity contribution in [2.45, 2.75) is 6.54 Å². The van der Waals surface area contributed by atoms with Gasteiger partial charge < -0.3 is 0 Å². The fourth-order valence-corrected chi connectivity index (χ4v) is 2.69. The number of aromatic nitrogens is 1. The quantitative estimate of drug-likeness (QED) is 0.734. The van der Waals surface area contributed by atoms with E-state index in [-0.39, 0.29) is 5.56 Å². The van der Waals surface area contributed by atoms with E-state index in [0.717, 1.165) is 29.7 Å². The number of nitrogens with zero attached hydrogens (tertiary/aromatic N) is 2. The van der Waals surface area contributed by atoms with Crippen LogP contribution in [0.2, 0.25) is 0 Å². The molecule has 4 nitrogen and oxygen atoms in total. The van der Waals surface area contributed by atoms with Gasteiger partial charge in [-0.15, -0.1) is 0 Å². The Labute approximate surface area is 97.7 Å².